The van der Waals surface area contributed by atoms with E-state index in [1.165, 1.54) is 24.1 Å². The van der Waals surface area contributed by atoms with Crippen molar-refractivity contribution < 1.29 is 0 Å². The normalized spacial score (nSPS) is 11.2. The summed E-state index contributed by atoms with van der Waals surface area (Å²) in [5, 5.41) is 4.60. The molecule has 0 atom stereocenters. The average Bonchev–Trinajstić information content (AvgIpc) is 2.77. The van der Waals surface area contributed by atoms with E-state index in [0.717, 1.165) is 24.8 Å². The molecule has 0 saturated carbocycles. The summed E-state index contributed by atoms with van der Waals surface area (Å²) < 4.78 is 0. The van der Waals surface area contributed by atoms with Gasteiger partial charge < -0.3 is 10.2 Å². The highest BCUT2D eigenvalue weighted by Gasteiger charge is 2.06. The molecule has 0 spiro atoms. The number of rotatable bonds is 9. The predicted molar refractivity (Wildman–Crippen MR) is 81.5 cm³/mol. The largest absolute Gasteiger partial charge is 0.351 e. The first-order valence-electron chi connectivity index (χ1n) is 7.00. The van der Waals surface area contributed by atoms with Gasteiger partial charge in [0.25, 0.3) is 0 Å². The van der Waals surface area contributed by atoms with E-state index in [-0.39, 0.29) is 0 Å². The van der Waals surface area contributed by atoms with E-state index in [0.29, 0.717) is 5.92 Å². The van der Waals surface area contributed by atoms with Crippen LogP contribution in [0.4, 0.5) is 5.13 Å². The van der Waals surface area contributed by atoms with Gasteiger partial charge in [0, 0.05) is 31.2 Å². The van der Waals surface area contributed by atoms with E-state index in [4.69, 9.17) is 0 Å². The predicted octanol–water partition coefficient (Wildman–Crippen LogP) is 3.52. The van der Waals surface area contributed by atoms with Crippen LogP contribution in [0.25, 0.3) is 0 Å². The van der Waals surface area contributed by atoms with Gasteiger partial charge in [-0.25, -0.2) is 4.98 Å². The molecule has 0 aliphatic rings. The summed E-state index contributed by atoms with van der Waals surface area (Å²) in [6.45, 7) is 9.82. The van der Waals surface area contributed by atoms with Gasteiger partial charge >= 0.3 is 0 Å². The molecule has 0 amide bonds. The van der Waals surface area contributed by atoms with E-state index < -0.39 is 0 Å². The third-order valence-electron chi connectivity index (χ3n) is 2.82. The number of anilines is 1. The van der Waals surface area contributed by atoms with Gasteiger partial charge in [-0.2, -0.15) is 0 Å². The minimum absolute atomic E-state index is 0.703. The molecule has 0 fully saturated rings. The van der Waals surface area contributed by atoms with Crippen molar-refractivity contribution in [3.8, 4) is 0 Å². The van der Waals surface area contributed by atoms with Crippen LogP contribution < -0.4 is 10.2 Å². The Morgan fingerprint density at radius 2 is 2.17 bits per heavy atom. The maximum absolute atomic E-state index is 4.50. The van der Waals surface area contributed by atoms with Crippen molar-refractivity contribution in [3.63, 3.8) is 0 Å². The van der Waals surface area contributed by atoms with Gasteiger partial charge in [-0.05, 0) is 18.9 Å². The highest BCUT2D eigenvalue weighted by atomic mass is 32.1. The molecular formula is C14H27N3S. The summed E-state index contributed by atoms with van der Waals surface area (Å²) in [5.74, 6) is 0.703. The lowest BCUT2D eigenvalue weighted by Gasteiger charge is -2.14. The number of hydrogen-bond acceptors (Lipinski definition) is 4. The molecule has 0 aromatic carbocycles. The average molecular weight is 269 g/mol. The van der Waals surface area contributed by atoms with Crippen LogP contribution in [0.15, 0.2) is 6.20 Å². The van der Waals surface area contributed by atoms with Gasteiger partial charge in [0.15, 0.2) is 5.13 Å². The summed E-state index contributed by atoms with van der Waals surface area (Å²) in [7, 11) is 2.14. The Bertz CT molecular complexity index is 323. The molecular weight excluding hydrogens is 242 g/mol. The zero-order chi connectivity index (χ0) is 13.4. The van der Waals surface area contributed by atoms with Crippen molar-refractivity contribution in [3.05, 3.63) is 11.1 Å². The van der Waals surface area contributed by atoms with Crippen LogP contribution in [0.2, 0.25) is 0 Å². The van der Waals surface area contributed by atoms with Crippen LogP contribution in [0.3, 0.4) is 0 Å². The molecule has 1 N–H and O–H groups in total. The smallest absolute Gasteiger partial charge is 0.185 e. The second-order valence-corrected chi connectivity index (χ2v) is 6.36. The first-order valence-corrected chi connectivity index (χ1v) is 7.81. The Morgan fingerprint density at radius 3 is 2.83 bits per heavy atom. The SMILES string of the molecule is CCCCCN(C)c1ncc(CNCC(C)C)s1. The fraction of sp³-hybridized carbons (Fsp3) is 0.786. The van der Waals surface area contributed by atoms with Crippen LogP contribution in [0.5, 0.6) is 0 Å². The van der Waals surface area contributed by atoms with Crippen LogP contribution in [0.1, 0.15) is 44.9 Å². The summed E-state index contributed by atoms with van der Waals surface area (Å²) in [6, 6.07) is 0. The molecule has 0 aliphatic carbocycles. The van der Waals surface area contributed by atoms with Gasteiger partial charge in [0.2, 0.25) is 0 Å². The highest BCUT2D eigenvalue weighted by molar-refractivity contribution is 7.15. The first-order chi connectivity index (χ1) is 8.63. The summed E-state index contributed by atoms with van der Waals surface area (Å²) >= 11 is 1.80. The Morgan fingerprint density at radius 1 is 1.39 bits per heavy atom. The van der Waals surface area contributed by atoms with Crippen LogP contribution >= 0.6 is 11.3 Å². The fourth-order valence-electron chi connectivity index (χ4n) is 1.73. The Hall–Kier alpha value is -0.610. The number of nitrogens with zero attached hydrogens (tertiary/aromatic N) is 2. The van der Waals surface area contributed by atoms with Crippen molar-refractivity contribution in [2.75, 3.05) is 25.0 Å². The summed E-state index contributed by atoms with van der Waals surface area (Å²) in [4.78, 5) is 8.09. The standard InChI is InChI=1S/C14H27N3S/c1-5-6-7-8-17(4)14-16-11-13(18-14)10-15-9-12(2)3/h11-12,15H,5-10H2,1-4H3. The van der Waals surface area contributed by atoms with Crippen molar-refractivity contribution in [2.24, 2.45) is 5.92 Å². The molecule has 0 bridgehead atoms. The summed E-state index contributed by atoms with van der Waals surface area (Å²) in [5.41, 5.74) is 0. The molecule has 3 nitrogen and oxygen atoms in total. The van der Waals surface area contributed by atoms with Crippen molar-refractivity contribution in [1.29, 1.82) is 0 Å². The molecule has 0 unspecified atom stereocenters. The van der Waals surface area contributed by atoms with E-state index in [1.807, 2.05) is 6.20 Å². The van der Waals surface area contributed by atoms with Gasteiger partial charge in [0.05, 0.1) is 0 Å². The van der Waals surface area contributed by atoms with Gasteiger partial charge in [-0.1, -0.05) is 33.6 Å². The van der Waals surface area contributed by atoms with Gasteiger partial charge in [0.1, 0.15) is 0 Å². The van der Waals surface area contributed by atoms with Crippen LogP contribution in [0, 0.1) is 5.92 Å². The Labute approximate surface area is 116 Å². The number of thiazole rings is 1. The van der Waals surface area contributed by atoms with E-state index in [2.05, 4.69) is 43.0 Å². The number of unbranched alkanes of at least 4 members (excludes halogenated alkanes) is 2. The second-order valence-electron chi connectivity index (χ2n) is 5.26. The minimum atomic E-state index is 0.703. The number of aromatic nitrogens is 1. The molecule has 0 saturated heterocycles. The molecule has 104 valence electrons. The van der Waals surface area contributed by atoms with E-state index in [9.17, 15) is 0 Å². The second kappa shape index (κ2) is 8.48. The topological polar surface area (TPSA) is 28.2 Å². The lowest BCUT2D eigenvalue weighted by Crippen LogP contribution is -2.18. The monoisotopic (exact) mass is 269 g/mol. The molecule has 1 aromatic heterocycles. The molecule has 0 aliphatic heterocycles. The molecule has 18 heavy (non-hydrogen) atoms. The summed E-state index contributed by atoms with van der Waals surface area (Å²) in [6.07, 6.45) is 5.84. The maximum atomic E-state index is 4.50. The van der Waals surface area contributed by atoms with Crippen LogP contribution in [-0.2, 0) is 6.54 Å². The van der Waals surface area contributed by atoms with Gasteiger partial charge in [-0.15, -0.1) is 11.3 Å². The quantitative estimate of drug-likeness (QED) is 0.695. The lowest BCUT2D eigenvalue weighted by molar-refractivity contribution is 0.554. The van der Waals surface area contributed by atoms with Gasteiger partial charge in [-0.3, -0.25) is 0 Å². The Balaban J connectivity index is 2.32. The van der Waals surface area contributed by atoms with E-state index in [1.54, 1.807) is 11.3 Å². The molecule has 1 heterocycles. The van der Waals surface area contributed by atoms with E-state index >= 15 is 0 Å². The van der Waals surface area contributed by atoms with Crippen molar-refractivity contribution in [2.45, 2.75) is 46.6 Å². The van der Waals surface area contributed by atoms with Crippen LogP contribution in [-0.4, -0.2) is 25.1 Å². The Kier molecular flexibility index (Phi) is 7.28. The number of nitrogens with one attached hydrogen (secondary N) is 1. The fourth-order valence-corrected chi connectivity index (χ4v) is 2.60. The minimum Gasteiger partial charge on any atom is -0.351 e. The lowest BCUT2D eigenvalue weighted by atomic mass is 10.2. The highest BCUT2D eigenvalue weighted by Crippen LogP contribution is 2.21. The van der Waals surface area contributed by atoms with Crippen molar-refractivity contribution in [1.82, 2.24) is 10.3 Å². The third-order valence-corrected chi connectivity index (χ3v) is 3.93. The molecule has 1 aromatic rings. The maximum Gasteiger partial charge on any atom is 0.185 e. The zero-order valence-corrected chi connectivity index (χ0v) is 13.0. The first kappa shape index (κ1) is 15.4. The molecule has 0 radical (unpaired) electrons. The zero-order valence-electron chi connectivity index (χ0n) is 12.2. The number of hydrogen-bond donors (Lipinski definition) is 1. The third kappa shape index (κ3) is 5.83. The molecule has 4 heteroatoms. The van der Waals surface area contributed by atoms with Crippen molar-refractivity contribution >= 4 is 16.5 Å². The molecule has 1 rings (SSSR count).